The predicted molar refractivity (Wildman–Crippen MR) is 120 cm³/mol. The van der Waals surface area contributed by atoms with Crippen molar-refractivity contribution in [1.82, 2.24) is 0 Å². The van der Waals surface area contributed by atoms with E-state index in [1.807, 2.05) is 24.3 Å². The van der Waals surface area contributed by atoms with E-state index in [9.17, 15) is 8.78 Å². The fourth-order valence-corrected chi connectivity index (χ4v) is 2.76. The van der Waals surface area contributed by atoms with E-state index in [1.54, 1.807) is 24.3 Å². The fraction of sp³-hybridized carbons (Fsp3) is 0.333. The maximum atomic E-state index is 13.9. The highest BCUT2D eigenvalue weighted by Gasteiger charge is 2.00. The summed E-state index contributed by atoms with van der Waals surface area (Å²) in [4.78, 5) is 0. The molecule has 0 aliphatic carbocycles. The van der Waals surface area contributed by atoms with Crippen molar-refractivity contribution in [3.8, 4) is 29.4 Å². The minimum Gasteiger partial charge on any atom is -0.494 e. The highest BCUT2D eigenvalue weighted by molar-refractivity contribution is 5.46. The molecule has 1 nitrogen and oxygen atoms in total. The van der Waals surface area contributed by atoms with Gasteiger partial charge >= 0.3 is 0 Å². The van der Waals surface area contributed by atoms with Crippen molar-refractivity contribution in [3.05, 3.63) is 76.9 Å². The molecular formula is C27H28F2O. The lowest BCUT2D eigenvalue weighted by atomic mass is 10.1. The number of hydrogen-bond acceptors (Lipinski definition) is 1. The number of ether oxygens (including phenoxy) is 1. The van der Waals surface area contributed by atoms with Crippen LogP contribution in [-0.2, 0) is 6.42 Å². The van der Waals surface area contributed by atoms with Crippen molar-refractivity contribution in [2.24, 2.45) is 0 Å². The van der Waals surface area contributed by atoms with Crippen molar-refractivity contribution in [1.29, 1.82) is 0 Å². The van der Waals surface area contributed by atoms with E-state index in [4.69, 9.17) is 4.74 Å². The lowest BCUT2D eigenvalue weighted by Gasteiger charge is -2.05. The summed E-state index contributed by atoms with van der Waals surface area (Å²) in [6.07, 6.45) is 6.62. The minimum atomic E-state index is -1.17. The molecule has 0 spiro atoms. The Bertz CT molecular complexity index is 933. The normalized spacial score (nSPS) is 10.9. The number of rotatable bonds is 8. The van der Waals surface area contributed by atoms with E-state index in [-0.39, 0.29) is 0 Å². The van der Waals surface area contributed by atoms with Gasteiger partial charge in [-0.3, -0.25) is 0 Å². The molecule has 0 fully saturated rings. The Kier molecular flexibility index (Phi) is 10.3. The van der Waals surface area contributed by atoms with Crippen molar-refractivity contribution in [2.75, 3.05) is 6.61 Å². The smallest absolute Gasteiger partial charge is 0.217 e. The van der Waals surface area contributed by atoms with E-state index in [0.29, 0.717) is 17.7 Å². The van der Waals surface area contributed by atoms with Crippen LogP contribution in [0.15, 0.2) is 60.2 Å². The van der Waals surface area contributed by atoms with Crippen LogP contribution in [0.25, 0.3) is 0 Å². The van der Waals surface area contributed by atoms with Crippen LogP contribution in [0.4, 0.5) is 8.78 Å². The zero-order valence-corrected chi connectivity index (χ0v) is 17.7. The maximum absolute atomic E-state index is 13.9. The van der Waals surface area contributed by atoms with Crippen molar-refractivity contribution >= 4 is 0 Å². The van der Waals surface area contributed by atoms with Crippen LogP contribution in [0.3, 0.4) is 0 Å². The number of unbranched alkanes of at least 4 members (excludes halogenated alkanes) is 3. The quantitative estimate of drug-likeness (QED) is 0.334. The van der Waals surface area contributed by atoms with Gasteiger partial charge in [0.05, 0.1) is 6.61 Å². The lowest BCUT2D eigenvalue weighted by molar-refractivity contribution is 0.305. The Hall–Kier alpha value is -3.04. The van der Waals surface area contributed by atoms with E-state index >= 15 is 0 Å². The van der Waals surface area contributed by atoms with Gasteiger partial charge in [0.1, 0.15) is 5.75 Å². The molecule has 0 atom stereocenters. The van der Waals surface area contributed by atoms with Gasteiger partial charge in [-0.2, -0.15) is 8.78 Å². The van der Waals surface area contributed by atoms with E-state index in [1.165, 1.54) is 18.4 Å². The SMILES string of the molecule is CCCCCCOc1ccc(C#C/C(F)=C(\F)C#Cc2ccc(CCC)cc2)cc1. The van der Waals surface area contributed by atoms with E-state index < -0.39 is 11.7 Å². The second-order valence-electron chi connectivity index (χ2n) is 7.01. The molecule has 30 heavy (non-hydrogen) atoms. The molecule has 2 aromatic carbocycles. The van der Waals surface area contributed by atoms with Gasteiger partial charge in [-0.1, -0.05) is 63.5 Å². The summed E-state index contributed by atoms with van der Waals surface area (Å²) < 4.78 is 33.4. The molecule has 0 radical (unpaired) electrons. The Morgan fingerprint density at radius 1 is 0.733 bits per heavy atom. The average molecular weight is 407 g/mol. The molecule has 2 rings (SSSR count). The first-order valence-corrected chi connectivity index (χ1v) is 10.5. The van der Waals surface area contributed by atoms with Gasteiger partial charge in [-0.15, -0.1) is 0 Å². The zero-order chi connectivity index (χ0) is 21.6. The summed E-state index contributed by atoms with van der Waals surface area (Å²) in [5.41, 5.74) is 2.41. The number of hydrogen-bond donors (Lipinski definition) is 0. The van der Waals surface area contributed by atoms with Crippen molar-refractivity contribution < 1.29 is 13.5 Å². The maximum Gasteiger partial charge on any atom is 0.217 e. The van der Waals surface area contributed by atoms with Gasteiger partial charge in [0.15, 0.2) is 0 Å². The van der Waals surface area contributed by atoms with Gasteiger partial charge in [0, 0.05) is 11.1 Å². The van der Waals surface area contributed by atoms with Gasteiger partial charge in [0.2, 0.25) is 11.7 Å². The Morgan fingerprint density at radius 3 is 1.83 bits per heavy atom. The third-order valence-corrected chi connectivity index (χ3v) is 4.44. The third-order valence-electron chi connectivity index (χ3n) is 4.44. The van der Waals surface area contributed by atoms with Gasteiger partial charge in [-0.05, 0) is 66.6 Å². The van der Waals surface area contributed by atoms with Crippen LogP contribution in [-0.4, -0.2) is 6.61 Å². The average Bonchev–Trinajstić information content (AvgIpc) is 2.77. The Balaban J connectivity index is 1.93. The first-order chi connectivity index (χ1) is 14.6. The summed E-state index contributed by atoms with van der Waals surface area (Å²) in [6.45, 7) is 4.95. The van der Waals surface area contributed by atoms with Crippen LogP contribution in [0.2, 0.25) is 0 Å². The summed E-state index contributed by atoms with van der Waals surface area (Å²) >= 11 is 0. The summed E-state index contributed by atoms with van der Waals surface area (Å²) in [6, 6.07) is 14.5. The first-order valence-electron chi connectivity index (χ1n) is 10.5. The molecule has 0 aliphatic rings. The molecule has 0 aliphatic heterocycles. The molecule has 3 heteroatoms. The van der Waals surface area contributed by atoms with E-state index in [2.05, 4.69) is 37.5 Å². The van der Waals surface area contributed by atoms with Gasteiger partial charge in [-0.25, -0.2) is 0 Å². The van der Waals surface area contributed by atoms with Crippen LogP contribution < -0.4 is 4.74 Å². The Morgan fingerprint density at radius 2 is 1.30 bits per heavy atom. The Labute approximate surface area is 179 Å². The molecule has 0 saturated carbocycles. The molecule has 0 aromatic heterocycles. The second-order valence-corrected chi connectivity index (χ2v) is 7.01. The van der Waals surface area contributed by atoms with Crippen molar-refractivity contribution in [3.63, 3.8) is 0 Å². The van der Waals surface area contributed by atoms with Crippen LogP contribution in [0, 0.1) is 23.7 Å². The van der Waals surface area contributed by atoms with Crippen molar-refractivity contribution in [2.45, 2.75) is 52.4 Å². The largest absolute Gasteiger partial charge is 0.494 e. The molecule has 0 amide bonds. The van der Waals surface area contributed by atoms with Crippen LogP contribution >= 0.6 is 0 Å². The zero-order valence-electron chi connectivity index (χ0n) is 17.7. The number of halogens is 2. The molecule has 0 N–H and O–H groups in total. The van der Waals surface area contributed by atoms with Crippen LogP contribution in [0.1, 0.15) is 62.6 Å². The first kappa shape index (κ1) is 23.2. The molecule has 2 aromatic rings. The molecule has 0 saturated heterocycles. The van der Waals surface area contributed by atoms with Crippen LogP contribution in [0.5, 0.6) is 5.75 Å². The second kappa shape index (κ2) is 13.2. The predicted octanol–water partition coefficient (Wildman–Crippen LogP) is 7.15. The highest BCUT2D eigenvalue weighted by atomic mass is 19.2. The molecular weight excluding hydrogens is 378 g/mol. The molecule has 156 valence electrons. The fourth-order valence-electron chi connectivity index (χ4n) is 2.76. The lowest BCUT2D eigenvalue weighted by Crippen LogP contribution is -1.96. The monoisotopic (exact) mass is 406 g/mol. The number of allylic oxidation sites excluding steroid dienone is 2. The summed E-state index contributed by atoms with van der Waals surface area (Å²) in [5, 5.41) is 0. The summed E-state index contributed by atoms with van der Waals surface area (Å²) in [5.74, 6) is 8.05. The molecule has 0 heterocycles. The third kappa shape index (κ3) is 8.54. The standard InChI is InChI=1S/C27H28F2O/c1-3-5-6-7-21-30-25-17-13-24(14-18-25)16-20-27(29)26(28)19-15-23-11-9-22(8-4-2)10-12-23/h9-14,17-18H,3-8,21H2,1-2H3/b27-26+. The highest BCUT2D eigenvalue weighted by Crippen LogP contribution is 2.13. The van der Waals surface area contributed by atoms with E-state index in [0.717, 1.165) is 31.4 Å². The summed E-state index contributed by atoms with van der Waals surface area (Å²) in [7, 11) is 0. The molecule has 0 bridgehead atoms. The number of aryl methyl sites for hydroxylation is 1. The van der Waals surface area contributed by atoms with Gasteiger partial charge in [0.25, 0.3) is 0 Å². The number of benzene rings is 2. The topological polar surface area (TPSA) is 9.23 Å². The minimum absolute atomic E-state index is 0.579. The van der Waals surface area contributed by atoms with Gasteiger partial charge < -0.3 is 4.74 Å². The molecule has 0 unspecified atom stereocenters.